The second kappa shape index (κ2) is 8.96. The van der Waals surface area contributed by atoms with E-state index in [2.05, 4.69) is 5.32 Å². The molecule has 7 nitrogen and oxygen atoms in total. The van der Waals surface area contributed by atoms with Gasteiger partial charge >= 0.3 is 0 Å². The molecule has 0 aliphatic rings. The van der Waals surface area contributed by atoms with Gasteiger partial charge in [-0.3, -0.25) is 19.8 Å². The van der Waals surface area contributed by atoms with Crippen LogP contribution in [0.5, 0.6) is 5.75 Å². The Morgan fingerprint density at radius 3 is 2.38 bits per heavy atom. The first-order chi connectivity index (χ1) is 12.4. The topological polar surface area (TPSA) is 84.7 Å². The largest absolute Gasteiger partial charge is 0.492 e. The number of rotatable bonds is 8. The van der Waals surface area contributed by atoms with Gasteiger partial charge in [0.05, 0.1) is 11.0 Å². The fourth-order valence-electron chi connectivity index (χ4n) is 2.25. The summed E-state index contributed by atoms with van der Waals surface area (Å²) >= 11 is 0. The van der Waals surface area contributed by atoms with Crippen LogP contribution in [0.2, 0.25) is 0 Å². The number of hydrogen-bond donors (Lipinski definition) is 1. The minimum absolute atomic E-state index is 0.0126. The maximum Gasteiger partial charge on any atom is 0.269 e. The normalized spacial score (nSPS) is 11.8. The monoisotopic (exact) mass is 357 g/mol. The number of anilines is 1. The lowest BCUT2D eigenvalue weighted by molar-refractivity contribution is -0.384. The first-order valence-corrected chi connectivity index (χ1v) is 8.32. The number of benzene rings is 2. The van der Waals surface area contributed by atoms with E-state index in [0.29, 0.717) is 18.8 Å². The van der Waals surface area contributed by atoms with E-state index in [1.165, 1.54) is 29.8 Å². The molecule has 0 bridgehead atoms. The second-order valence-electron chi connectivity index (χ2n) is 6.11. The molecule has 1 amide bonds. The standard InChI is InChI=1S/C19H23N3O4/c1-14-4-10-18(11-5-14)26-13-12-21(3)15(2)19(23)20-16-6-8-17(9-7-16)22(24)25/h4-11,15H,12-13H2,1-3H3,(H,20,23)/t15-/m0/s1. The molecule has 7 heteroatoms. The summed E-state index contributed by atoms with van der Waals surface area (Å²) in [6.07, 6.45) is 0. The van der Waals surface area contributed by atoms with Crippen LogP contribution in [0, 0.1) is 17.0 Å². The van der Waals surface area contributed by atoms with Crippen molar-refractivity contribution in [2.24, 2.45) is 0 Å². The van der Waals surface area contributed by atoms with Crippen LogP contribution in [0.4, 0.5) is 11.4 Å². The highest BCUT2D eigenvalue weighted by Gasteiger charge is 2.18. The van der Waals surface area contributed by atoms with Crippen LogP contribution in [0.25, 0.3) is 0 Å². The Morgan fingerprint density at radius 1 is 1.19 bits per heavy atom. The van der Waals surface area contributed by atoms with Crippen molar-refractivity contribution in [3.8, 4) is 5.75 Å². The number of aryl methyl sites for hydroxylation is 1. The summed E-state index contributed by atoms with van der Waals surface area (Å²) in [4.78, 5) is 24.4. The maximum absolute atomic E-state index is 12.3. The maximum atomic E-state index is 12.3. The molecule has 0 saturated heterocycles. The molecule has 138 valence electrons. The van der Waals surface area contributed by atoms with Crippen LogP contribution in [0.3, 0.4) is 0 Å². The van der Waals surface area contributed by atoms with Crippen molar-refractivity contribution in [1.82, 2.24) is 4.90 Å². The van der Waals surface area contributed by atoms with Gasteiger partial charge in [-0.1, -0.05) is 17.7 Å². The van der Waals surface area contributed by atoms with Gasteiger partial charge in [-0.2, -0.15) is 0 Å². The van der Waals surface area contributed by atoms with E-state index < -0.39 is 4.92 Å². The molecule has 0 aromatic heterocycles. The highest BCUT2D eigenvalue weighted by Crippen LogP contribution is 2.16. The van der Waals surface area contributed by atoms with E-state index in [1.807, 2.05) is 43.1 Å². The van der Waals surface area contributed by atoms with E-state index in [1.54, 1.807) is 6.92 Å². The number of nitrogens with one attached hydrogen (secondary N) is 1. The average molecular weight is 357 g/mol. The summed E-state index contributed by atoms with van der Waals surface area (Å²) in [5, 5.41) is 13.4. The summed E-state index contributed by atoms with van der Waals surface area (Å²) in [6, 6.07) is 13.2. The van der Waals surface area contributed by atoms with Gasteiger partial charge in [-0.25, -0.2) is 0 Å². The number of amides is 1. The van der Waals surface area contributed by atoms with Crippen molar-refractivity contribution >= 4 is 17.3 Å². The quantitative estimate of drug-likeness (QED) is 0.579. The zero-order chi connectivity index (χ0) is 19.1. The highest BCUT2D eigenvalue weighted by atomic mass is 16.6. The fourth-order valence-corrected chi connectivity index (χ4v) is 2.25. The van der Waals surface area contributed by atoms with Gasteiger partial charge in [0.1, 0.15) is 12.4 Å². The Bertz CT molecular complexity index is 744. The Hall–Kier alpha value is -2.93. The lowest BCUT2D eigenvalue weighted by Crippen LogP contribution is -2.41. The van der Waals surface area contributed by atoms with Crippen LogP contribution in [-0.2, 0) is 4.79 Å². The first kappa shape index (κ1) is 19.4. The first-order valence-electron chi connectivity index (χ1n) is 8.32. The predicted molar refractivity (Wildman–Crippen MR) is 100 cm³/mol. The lowest BCUT2D eigenvalue weighted by Gasteiger charge is -2.23. The zero-order valence-electron chi connectivity index (χ0n) is 15.1. The van der Waals surface area contributed by atoms with E-state index in [9.17, 15) is 14.9 Å². The molecule has 0 fully saturated rings. The predicted octanol–water partition coefficient (Wildman–Crippen LogP) is 3.24. The number of carbonyl (C=O) groups is 1. The van der Waals surface area contributed by atoms with Gasteiger partial charge in [-0.15, -0.1) is 0 Å². The van der Waals surface area contributed by atoms with Gasteiger partial charge in [0.2, 0.25) is 5.91 Å². The summed E-state index contributed by atoms with van der Waals surface area (Å²) in [7, 11) is 1.85. The molecule has 2 rings (SSSR count). The van der Waals surface area contributed by atoms with Crippen LogP contribution >= 0.6 is 0 Å². The number of nitrogens with zero attached hydrogens (tertiary/aromatic N) is 2. The summed E-state index contributed by atoms with van der Waals surface area (Å²) in [5.74, 6) is 0.615. The molecule has 0 saturated carbocycles. The summed E-state index contributed by atoms with van der Waals surface area (Å²) in [6.45, 7) is 4.87. The number of nitro groups is 1. The number of likely N-dealkylation sites (N-methyl/N-ethyl adjacent to an activating group) is 1. The third-order valence-corrected chi connectivity index (χ3v) is 4.12. The molecule has 0 unspecified atom stereocenters. The molecule has 0 aliphatic carbocycles. The Balaban J connectivity index is 1.80. The van der Waals surface area contributed by atoms with Gasteiger partial charge in [0.25, 0.3) is 5.69 Å². The van der Waals surface area contributed by atoms with Crippen molar-refractivity contribution in [2.45, 2.75) is 19.9 Å². The number of nitro benzene ring substituents is 1. The van der Waals surface area contributed by atoms with Crippen molar-refractivity contribution in [3.05, 3.63) is 64.2 Å². The molecule has 0 radical (unpaired) electrons. The van der Waals surface area contributed by atoms with Gasteiger partial charge in [0.15, 0.2) is 0 Å². The second-order valence-corrected chi connectivity index (χ2v) is 6.11. The van der Waals surface area contributed by atoms with Crippen LogP contribution in [-0.4, -0.2) is 42.0 Å². The minimum atomic E-state index is -0.476. The smallest absolute Gasteiger partial charge is 0.269 e. The van der Waals surface area contributed by atoms with Crippen molar-refractivity contribution < 1.29 is 14.5 Å². The SMILES string of the molecule is Cc1ccc(OCCN(C)[C@@H](C)C(=O)Nc2ccc([N+](=O)[O-])cc2)cc1. The minimum Gasteiger partial charge on any atom is -0.492 e. The Kier molecular flexibility index (Phi) is 6.68. The number of non-ortho nitro benzene ring substituents is 1. The van der Waals surface area contributed by atoms with Crippen LogP contribution in [0.15, 0.2) is 48.5 Å². The summed E-state index contributed by atoms with van der Waals surface area (Å²) in [5.41, 5.74) is 1.68. The van der Waals surface area contributed by atoms with Crippen molar-refractivity contribution in [3.63, 3.8) is 0 Å². The molecule has 26 heavy (non-hydrogen) atoms. The summed E-state index contributed by atoms with van der Waals surface area (Å²) < 4.78 is 5.68. The number of hydrogen-bond acceptors (Lipinski definition) is 5. The van der Waals surface area contributed by atoms with E-state index in [0.717, 1.165) is 5.75 Å². The molecule has 1 N–H and O–H groups in total. The molecule has 0 heterocycles. The Labute approximate surface area is 152 Å². The van der Waals surface area contributed by atoms with Gasteiger partial charge < -0.3 is 10.1 Å². The van der Waals surface area contributed by atoms with Gasteiger partial charge in [0, 0.05) is 24.4 Å². The third kappa shape index (κ3) is 5.56. The van der Waals surface area contributed by atoms with Crippen molar-refractivity contribution in [1.29, 1.82) is 0 Å². The molecule has 0 aliphatic heterocycles. The molecular formula is C19H23N3O4. The molecule has 1 atom stereocenters. The molecule has 2 aromatic rings. The van der Waals surface area contributed by atoms with E-state index in [-0.39, 0.29) is 17.6 Å². The fraction of sp³-hybridized carbons (Fsp3) is 0.316. The van der Waals surface area contributed by atoms with E-state index >= 15 is 0 Å². The van der Waals surface area contributed by atoms with Crippen LogP contribution < -0.4 is 10.1 Å². The van der Waals surface area contributed by atoms with Crippen LogP contribution in [0.1, 0.15) is 12.5 Å². The third-order valence-electron chi connectivity index (χ3n) is 4.12. The number of ether oxygens (including phenoxy) is 1. The average Bonchev–Trinajstić information content (AvgIpc) is 2.63. The molecule has 0 spiro atoms. The molecular weight excluding hydrogens is 334 g/mol. The number of carbonyl (C=O) groups excluding carboxylic acids is 1. The Morgan fingerprint density at radius 2 is 1.81 bits per heavy atom. The lowest BCUT2D eigenvalue weighted by atomic mass is 10.2. The zero-order valence-corrected chi connectivity index (χ0v) is 15.1. The van der Waals surface area contributed by atoms with Crippen molar-refractivity contribution in [2.75, 3.05) is 25.5 Å². The molecule has 2 aromatic carbocycles. The van der Waals surface area contributed by atoms with E-state index in [4.69, 9.17) is 4.74 Å². The highest BCUT2D eigenvalue weighted by molar-refractivity contribution is 5.94. The van der Waals surface area contributed by atoms with Gasteiger partial charge in [-0.05, 0) is 45.2 Å².